The quantitative estimate of drug-likeness (QED) is 0.887. The monoisotopic (exact) mass is 261 g/mol. The van der Waals surface area contributed by atoms with Gasteiger partial charge < -0.3 is 14.8 Å². The minimum atomic E-state index is -0.989. The number of aliphatic hydroxyl groups excluding tert-OH is 1. The number of nitrogens with one attached hydrogen (secondary N) is 1. The van der Waals surface area contributed by atoms with Gasteiger partial charge in [-0.25, -0.2) is 0 Å². The van der Waals surface area contributed by atoms with Crippen molar-refractivity contribution in [2.24, 2.45) is 0 Å². The predicted molar refractivity (Wildman–Crippen MR) is 73.9 cm³/mol. The topological polar surface area (TPSA) is 62.5 Å². The minimum Gasteiger partial charge on any atom is -0.464 e. The van der Waals surface area contributed by atoms with Gasteiger partial charge in [0.15, 0.2) is 0 Å². The molecule has 19 heavy (non-hydrogen) atoms. The third kappa shape index (κ3) is 2.79. The van der Waals surface area contributed by atoms with E-state index in [2.05, 4.69) is 5.32 Å². The van der Waals surface area contributed by atoms with Crippen LogP contribution in [0.25, 0.3) is 11.0 Å². The second-order valence-corrected chi connectivity index (χ2v) is 5.42. The van der Waals surface area contributed by atoms with Gasteiger partial charge in [0.25, 0.3) is 0 Å². The zero-order valence-electron chi connectivity index (χ0n) is 11.4. The highest BCUT2D eigenvalue weighted by Gasteiger charge is 2.26. The number of benzene rings is 1. The molecular formula is C15H19NO3. The Kier molecular flexibility index (Phi) is 3.62. The molecule has 2 rings (SSSR count). The fourth-order valence-electron chi connectivity index (χ4n) is 2.05. The van der Waals surface area contributed by atoms with E-state index in [1.54, 1.807) is 6.26 Å². The molecule has 1 unspecified atom stereocenters. The van der Waals surface area contributed by atoms with Crippen molar-refractivity contribution in [3.63, 3.8) is 0 Å². The second-order valence-electron chi connectivity index (χ2n) is 5.42. The van der Waals surface area contributed by atoms with Crippen molar-refractivity contribution < 1.29 is 14.3 Å². The van der Waals surface area contributed by atoms with E-state index in [0.717, 1.165) is 16.5 Å². The van der Waals surface area contributed by atoms with Crippen molar-refractivity contribution in [3.8, 4) is 0 Å². The Morgan fingerprint density at radius 2 is 2.11 bits per heavy atom. The highest BCUT2D eigenvalue weighted by Crippen LogP contribution is 2.31. The van der Waals surface area contributed by atoms with Crippen LogP contribution in [0, 0.1) is 0 Å². The molecule has 0 spiro atoms. The average molecular weight is 261 g/mol. The zero-order valence-corrected chi connectivity index (χ0v) is 11.4. The lowest BCUT2D eigenvalue weighted by molar-refractivity contribution is -0.128. The molecule has 0 bridgehead atoms. The van der Waals surface area contributed by atoms with E-state index in [-0.39, 0.29) is 11.3 Å². The standard InChI is InChI=1S/C15H19NO3/c1-10(17)14(18)16-9-15(2,3)12-8-19-13-7-5-4-6-11(12)13/h4-8,10,17H,9H2,1-3H3,(H,16,18). The number of rotatable bonds is 4. The van der Waals surface area contributed by atoms with Crippen molar-refractivity contribution in [2.75, 3.05) is 6.54 Å². The molecule has 1 aromatic heterocycles. The summed E-state index contributed by atoms with van der Waals surface area (Å²) >= 11 is 0. The molecular weight excluding hydrogens is 242 g/mol. The maximum atomic E-state index is 11.4. The molecule has 0 aliphatic rings. The molecule has 2 aromatic rings. The van der Waals surface area contributed by atoms with Crippen LogP contribution in [0.4, 0.5) is 0 Å². The van der Waals surface area contributed by atoms with E-state index >= 15 is 0 Å². The lowest BCUT2D eigenvalue weighted by Gasteiger charge is -2.24. The average Bonchev–Trinajstić information content (AvgIpc) is 2.80. The van der Waals surface area contributed by atoms with E-state index in [0.29, 0.717) is 6.54 Å². The van der Waals surface area contributed by atoms with Gasteiger partial charge in [-0.3, -0.25) is 4.79 Å². The van der Waals surface area contributed by atoms with Gasteiger partial charge in [-0.05, 0) is 13.0 Å². The third-order valence-corrected chi connectivity index (χ3v) is 3.29. The molecule has 2 N–H and O–H groups in total. The first-order chi connectivity index (χ1) is 8.92. The van der Waals surface area contributed by atoms with Crippen LogP contribution in [0.1, 0.15) is 26.3 Å². The van der Waals surface area contributed by atoms with Crippen LogP contribution < -0.4 is 5.32 Å². The fraction of sp³-hybridized carbons (Fsp3) is 0.400. The molecule has 0 aliphatic heterocycles. The van der Waals surface area contributed by atoms with Gasteiger partial charge in [0.2, 0.25) is 5.91 Å². The third-order valence-electron chi connectivity index (χ3n) is 3.29. The van der Waals surface area contributed by atoms with E-state index in [1.807, 2.05) is 38.1 Å². The summed E-state index contributed by atoms with van der Waals surface area (Å²) in [5.74, 6) is -0.360. The minimum absolute atomic E-state index is 0.267. The molecule has 1 aromatic carbocycles. The summed E-state index contributed by atoms with van der Waals surface area (Å²) in [4.78, 5) is 11.4. The number of hydrogen-bond acceptors (Lipinski definition) is 3. The maximum Gasteiger partial charge on any atom is 0.248 e. The summed E-state index contributed by atoms with van der Waals surface area (Å²) < 4.78 is 5.53. The van der Waals surface area contributed by atoms with Gasteiger partial charge in [-0.15, -0.1) is 0 Å². The highest BCUT2D eigenvalue weighted by atomic mass is 16.3. The molecule has 0 radical (unpaired) electrons. The Morgan fingerprint density at radius 3 is 2.79 bits per heavy atom. The van der Waals surface area contributed by atoms with E-state index in [4.69, 9.17) is 4.42 Å². The zero-order chi connectivity index (χ0) is 14.0. The predicted octanol–water partition coefficient (Wildman–Crippen LogP) is 2.21. The summed E-state index contributed by atoms with van der Waals surface area (Å²) in [5, 5.41) is 13.0. The number of carbonyl (C=O) groups excluding carboxylic acids is 1. The molecule has 1 heterocycles. The van der Waals surface area contributed by atoms with Crippen molar-refractivity contribution >= 4 is 16.9 Å². The Morgan fingerprint density at radius 1 is 1.42 bits per heavy atom. The van der Waals surface area contributed by atoms with Crippen molar-refractivity contribution in [1.82, 2.24) is 5.32 Å². The number of fused-ring (bicyclic) bond motifs is 1. The van der Waals surface area contributed by atoms with Crippen molar-refractivity contribution in [3.05, 3.63) is 36.1 Å². The van der Waals surface area contributed by atoms with Crippen LogP contribution in [0.2, 0.25) is 0 Å². The highest BCUT2D eigenvalue weighted by molar-refractivity contribution is 5.83. The summed E-state index contributed by atoms with van der Waals surface area (Å²) in [7, 11) is 0. The van der Waals surface area contributed by atoms with E-state index < -0.39 is 6.10 Å². The number of furan rings is 1. The number of para-hydroxylation sites is 1. The smallest absolute Gasteiger partial charge is 0.248 e. The Labute approximate surface area is 112 Å². The summed E-state index contributed by atoms with van der Waals surface area (Å²) in [6.45, 7) is 5.97. The Bertz CT molecular complexity index is 584. The van der Waals surface area contributed by atoms with Crippen LogP contribution in [0.5, 0.6) is 0 Å². The first-order valence-electron chi connectivity index (χ1n) is 6.34. The molecule has 1 amide bonds. The maximum absolute atomic E-state index is 11.4. The summed E-state index contributed by atoms with van der Waals surface area (Å²) in [6.07, 6.45) is 0.746. The first-order valence-corrected chi connectivity index (χ1v) is 6.34. The van der Waals surface area contributed by atoms with Crippen LogP contribution in [-0.4, -0.2) is 23.7 Å². The largest absolute Gasteiger partial charge is 0.464 e. The van der Waals surface area contributed by atoms with Gasteiger partial charge in [0, 0.05) is 22.9 Å². The molecule has 102 valence electrons. The first kappa shape index (κ1) is 13.6. The van der Waals surface area contributed by atoms with Gasteiger partial charge in [0.05, 0.1) is 6.26 Å². The Balaban J connectivity index is 2.21. The molecule has 0 saturated carbocycles. The van der Waals surface area contributed by atoms with Gasteiger partial charge >= 0.3 is 0 Å². The number of carbonyl (C=O) groups is 1. The van der Waals surface area contributed by atoms with Crippen LogP contribution in [-0.2, 0) is 10.2 Å². The SMILES string of the molecule is CC(O)C(=O)NCC(C)(C)c1coc2ccccc12. The number of hydrogen-bond donors (Lipinski definition) is 2. The van der Waals surface area contributed by atoms with Crippen LogP contribution in [0.3, 0.4) is 0 Å². The van der Waals surface area contributed by atoms with E-state index in [1.165, 1.54) is 6.92 Å². The van der Waals surface area contributed by atoms with Gasteiger partial charge in [-0.2, -0.15) is 0 Å². The summed E-state index contributed by atoms with van der Waals surface area (Å²) in [6, 6.07) is 7.82. The normalized spacial score (nSPS) is 13.5. The summed E-state index contributed by atoms with van der Waals surface area (Å²) in [5.41, 5.74) is 1.62. The second kappa shape index (κ2) is 5.05. The lowest BCUT2D eigenvalue weighted by atomic mass is 9.84. The van der Waals surface area contributed by atoms with Gasteiger partial charge in [0.1, 0.15) is 11.7 Å². The molecule has 0 fully saturated rings. The number of amides is 1. The fourth-order valence-corrected chi connectivity index (χ4v) is 2.05. The molecule has 0 saturated heterocycles. The van der Waals surface area contributed by atoms with Crippen molar-refractivity contribution in [1.29, 1.82) is 0 Å². The van der Waals surface area contributed by atoms with Crippen molar-refractivity contribution in [2.45, 2.75) is 32.3 Å². The molecule has 1 atom stereocenters. The van der Waals surface area contributed by atoms with E-state index in [9.17, 15) is 9.90 Å². The Hall–Kier alpha value is -1.81. The number of aliphatic hydroxyl groups is 1. The van der Waals surface area contributed by atoms with Crippen LogP contribution >= 0.6 is 0 Å². The lowest BCUT2D eigenvalue weighted by Crippen LogP contribution is -2.40. The molecule has 0 aliphatic carbocycles. The van der Waals surface area contributed by atoms with Gasteiger partial charge in [-0.1, -0.05) is 32.0 Å². The molecule has 4 heteroatoms. The van der Waals surface area contributed by atoms with Crippen LogP contribution in [0.15, 0.2) is 34.9 Å². The molecule has 4 nitrogen and oxygen atoms in total.